The molecule has 0 aliphatic heterocycles. The summed E-state index contributed by atoms with van der Waals surface area (Å²) >= 11 is 2.30. The van der Waals surface area contributed by atoms with E-state index in [-0.39, 0.29) is 6.10 Å². The first-order valence-corrected chi connectivity index (χ1v) is 8.41. The zero-order valence-electron chi connectivity index (χ0n) is 12.1. The van der Waals surface area contributed by atoms with Crippen LogP contribution in [-0.2, 0) is 0 Å². The zero-order chi connectivity index (χ0) is 14.1. The zero-order valence-corrected chi connectivity index (χ0v) is 14.3. The lowest BCUT2D eigenvalue weighted by atomic mass is 10.1. The summed E-state index contributed by atoms with van der Waals surface area (Å²) in [5.41, 5.74) is 1.06. The van der Waals surface area contributed by atoms with Gasteiger partial charge in [-0.25, -0.2) is 0 Å². The van der Waals surface area contributed by atoms with Gasteiger partial charge in [-0.05, 0) is 60.2 Å². The Kier molecular flexibility index (Phi) is 8.66. The van der Waals surface area contributed by atoms with Crippen molar-refractivity contribution < 1.29 is 5.11 Å². The summed E-state index contributed by atoms with van der Waals surface area (Å²) in [6.45, 7) is 7.37. The molecule has 1 aromatic rings. The minimum atomic E-state index is -0.373. The fourth-order valence-electron chi connectivity index (χ4n) is 2.15. The van der Waals surface area contributed by atoms with Crippen LogP contribution in [0.15, 0.2) is 24.3 Å². The Hall–Kier alpha value is -0.130. The molecule has 0 radical (unpaired) electrons. The van der Waals surface area contributed by atoms with Crippen molar-refractivity contribution in [1.29, 1.82) is 0 Å². The molecule has 2 nitrogen and oxygen atoms in total. The van der Waals surface area contributed by atoms with Crippen molar-refractivity contribution in [3.8, 4) is 0 Å². The number of aliphatic hydroxyl groups is 1. The molecule has 0 aliphatic rings. The third kappa shape index (κ3) is 6.23. The largest absolute Gasteiger partial charge is 0.387 e. The quantitative estimate of drug-likeness (QED) is 0.653. The van der Waals surface area contributed by atoms with Gasteiger partial charge in [-0.1, -0.05) is 44.9 Å². The van der Waals surface area contributed by atoms with Crippen molar-refractivity contribution in [1.82, 2.24) is 4.90 Å². The molecular weight excluding hydrogens is 349 g/mol. The number of hydrogen-bond acceptors (Lipinski definition) is 2. The third-order valence-corrected chi connectivity index (χ3v) is 4.33. The van der Waals surface area contributed by atoms with Crippen molar-refractivity contribution in [2.45, 2.75) is 45.6 Å². The van der Waals surface area contributed by atoms with Crippen molar-refractivity contribution in [3.05, 3.63) is 33.4 Å². The van der Waals surface area contributed by atoms with Gasteiger partial charge in [0.05, 0.1) is 6.10 Å². The highest BCUT2D eigenvalue weighted by molar-refractivity contribution is 14.1. The average Bonchev–Trinajstić information content (AvgIpc) is 2.42. The molecule has 3 heteroatoms. The van der Waals surface area contributed by atoms with Gasteiger partial charge in [0.25, 0.3) is 0 Å². The molecule has 0 bridgehead atoms. The predicted molar refractivity (Wildman–Crippen MR) is 90.4 cm³/mol. The number of halogens is 1. The predicted octanol–water partition coefficient (Wildman–Crippen LogP) is 4.23. The Balaban J connectivity index is 2.59. The van der Waals surface area contributed by atoms with Crippen LogP contribution in [0.5, 0.6) is 0 Å². The van der Waals surface area contributed by atoms with Gasteiger partial charge in [0.15, 0.2) is 0 Å². The first-order valence-electron chi connectivity index (χ1n) is 7.33. The van der Waals surface area contributed by atoms with Crippen LogP contribution in [0.1, 0.15) is 51.2 Å². The first-order chi connectivity index (χ1) is 9.19. The first kappa shape index (κ1) is 16.9. The van der Waals surface area contributed by atoms with Crippen LogP contribution < -0.4 is 0 Å². The van der Waals surface area contributed by atoms with Crippen LogP contribution in [-0.4, -0.2) is 29.6 Å². The summed E-state index contributed by atoms with van der Waals surface area (Å²) in [6, 6.07) is 8.11. The highest BCUT2D eigenvalue weighted by atomic mass is 127. The van der Waals surface area contributed by atoms with Crippen LogP contribution in [0.2, 0.25) is 0 Å². The second kappa shape index (κ2) is 9.72. The number of nitrogens with zero attached hydrogens (tertiary/aromatic N) is 1. The van der Waals surface area contributed by atoms with Crippen molar-refractivity contribution >= 4 is 22.6 Å². The molecule has 0 saturated carbocycles. The highest BCUT2D eigenvalue weighted by Crippen LogP contribution is 2.21. The molecule has 0 spiro atoms. The normalized spacial score (nSPS) is 12.9. The molecule has 1 aromatic carbocycles. The molecule has 0 unspecified atom stereocenters. The Morgan fingerprint density at radius 3 is 2.21 bits per heavy atom. The number of unbranched alkanes of at least 4 members (excludes halogenated alkanes) is 2. The van der Waals surface area contributed by atoms with Gasteiger partial charge in [-0.2, -0.15) is 0 Å². The maximum atomic E-state index is 10.4. The molecule has 0 saturated heterocycles. The monoisotopic (exact) mass is 375 g/mol. The van der Waals surface area contributed by atoms with Gasteiger partial charge in [0.1, 0.15) is 0 Å². The van der Waals surface area contributed by atoms with Gasteiger partial charge < -0.3 is 10.0 Å². The van der Waals surface area contributed by atoms with E-state index < -0.39 is 0 Å². The lowest BCUT2D eigenvalue weighted by molar-refractivity contribution is 0.110. The minimum absolute atomic E-state index is 0.373. The fourth-order valence-corrected chi connectivity index (χ4v) is 2.89. The lowest BCUT2D eigenvalue weighted by Gasteiger charge is -2.25. The highest BCUT2D eigenvalue weighted by Gasteiger charge is 2.14. The average molecular weight is 375 g/mol. The molecule has 0 aliphatic carbocycles. The summed E-state index contributed by atoms with van der Waals surface area (Å²) in [7, 11) is 0. The minimum Gasteiger partial charge on any atom is -0.387 e. The van der Waals surface area contributed by atoms with E-state index in [9.17, 15) is 5.11 Å². The van der Waals surface area contributed by atoms with Crippen LogP contribution in [0.25, 0.3) is 0 Å². The van der Waals surface area contributed by atoms with E-state index >= 15 is 0 Å². The summed E-state index contributed by atoms with van der Waals surface area (Å²) in [4.78, 5) is 2.40. The number of benzene rings is 1. The Morgan fingerprint density at radius 1 is 1.11 bits per heavy atom. The van der Waals surface area contributed by atoms with Crippen LogP contribution in [0, 0.1) is 3.57 Å². The molecule has 1 N–H and O–H groups in total. The van der Waals surface area contributed by atoms with E-state index in [0.717, 1.165) is 28.8 Å². The van der Waals surface area contributed by atoms with Gasteiger partial charge in [-0.15, -0.1) is 0 Å². The second-order valence-corrected chi connectivity index (χ2v) is 6.21. The van der Waals surface area contributed by atoms with Crippen LogP contribution in [0.3, 0.4) is 0 Å². The number of aliphatic hydroxyl groups excluding tert-OH is 1. The van der Waals surface area contributed by atoms with Crippen molar-refractivity contribution in [2.24, 2.45) is 0 Å². The molecule has 19 heavy (non-hydrogen) atoms. The van der Waals surface area contributed by atoms with Gasteiger partial charge in [-0.3, -0.25) is 0 Å². The van der Waals surface area contributed by atoms with E-state index in [0.29, 0.717) is 0 Å². The van der Waals surface area contributed by atoms with Gasteiger partial charge in [0, 0.05) is 10.1 Å². The smallest absolute Gasteiger partial charge is 0.0927 e. The molecule has 1 rings (SSSR count). The molecule has 0 amide bonds. The van der Waals surface area contributed by atoms with E-state index in [2.05, 4.69) is 47.4 Å². The summed E-state index contributed by atoms with van der Waals surface area (Å²) in [6.07, 6.45) is 4.47. The molecule has 0 aromatic heterocycles. The Morgan fingerprint density at radius 2 is 1.68 bits per heavy atom. The summed E-state index contributed by atoms with van der Waals surface area (Å²) < 4.78 is 1.15. The maximum absolute atomic E-state index is 10.4. The van der Waals surface area contributed by atoms with Crippen LogP contribution in [0.4, 0.5) is 0 Å². The number of hydrogen-bond donors (Lipinski definition) is 1. The lowest BCUT2D eigenvalue weighted by Crippen LogP contribution is -2.31. The third-order valence-electron chi connectivity index (χ3n) is 3.35. The van der Waals surface area contributed by atoms with E-state index in [1.54, 1.807) is 0 Å². The molecule has 0 fully saturated rings. The standard InChI is InChI=1S/C16H26INO/c1-3-5-11-18(12-6-4-2)13-16(19)14-9-7-8-10-15(14)17/h7-10,16,19H,3-6,11-13H2,1-2H3/t16-/m1/s1. The SMILES string of the molecule is CCCCN(CCCC)C[C@@H](O)c1ccccc1I. The van der Waals surface area contributed by atoms with Gasteiger partial charge >= 0.3 is 0 Å². The fraction of sp³-hybridized carbons (Fsp3) is 0.625. The summed E-state index contributed by atoms with van der Waals surface area (Å²) in [5, 5.41) is 10.4. The molecule has 0 heterocycles. The topological polar surface area (TPSA) is 23.5 Å². The van der Waals surface area contributed by atoms with E-state index in [1.165, 1.54) is 25.7 Å². The summed E-state index contributed by atoms with van der Waals surface area (Å²) in [5.74, 6) is 0. The Bertz CT molecular complexity index is 348. The van der Waals surface area contributed by atoms with E-state index in [1.807, 2.05) is 18.2 Å². The second-order valence-electron chi connectivity index (χ2n) is 5.05. The number of rotatable bonds is 9. The van der Waals surface area contributed by atoms with Crippen LogP contribution >= 0.6 is 22.6 Å². The van der Waals surface area contributed by atoms with Crippen molar-refractivity contribution in [3.63, 3.8) is 0 Å². The maximum Gasteiger partial charge on any atom is 0.0927 e. The molecule has 108 valence electrons. The van der Waals surface area contributed by atoms with Crippen molar-refractivity contribution in [2.75, 3.05) is 19.6 Å². The van der Waals surface area contributed by atoms with Gasteiger partial charge in [0.2, 0.25) is 0 Å². The Labute approximate surface area is 131 Å². The van der Waals surface area contributed by atoms with E-state index in [4.69, 9.17) is 0 Å². The molecular formula is C16H26INO. The molecule has 1 atom stereocenters.